The van der Waals surface area contributed by atoms with Gasteiger partial charge < -0.3 is 4.57 Å². The van der Waals surface area contributed by atoms with Gasteiger partial charge in [0.05, 0.1) is 18.0 Å². The summed E-state index contributed by atoms with van der Waals surface area (Å²) < 4.78 is 2.10. The smallest absolute Gasteiger partial charge is 0.0946 e. The average Bonchev–Trinajstić information content (AvgIpc) is 3.31. The zero-order chi connectivity index (χ0) is 19.6. The van der Waals surface area contributed by atoms with Crippen molar-refractivity contribution >= 4 is 35.0 Å². The van der Waals surface area contributed by atoms with Crippen molar-refractivity contribution in [3.05, 3.63) is 82.9 Å². The Labute approximate surface area is 179 Å². The Morgan fingerprint density at radius 3 is 2.43 bits per heavy atom. The molecular weight excluding hydrogens is 413 g/mol. The van der Waals surface area contributed by atoms with Crippen molar-refractivity contribution in [1.29, 1.82) is 0 Å². The van der Waals surface area contributed by atoms with E-state index in [2.05, 4.69) is 21.7 Å². The molecule has 1 fully saturated rings. The van der Waals surface area contributed by atoms with Gasteiger partial charge in [0, 0.05) is 53.1 Å². The highest BCUT2D eigenvalue weighted by Gasteiger charge is 2.46. The topological polar surface area (TPSA) is 30.3 Å². The standard InChI is InChI=1S/C21H21Cl2N3OS/c1-25-21(14-26-11-10-24-15-26,16-2-4-17(22)5-3-16)12-19(27-25)13-28-20-8-6-18(23)7-9-20/h2-11,15,19H,12-14H2,1H3. The summed E-state index contributed by atoms with van der Waals surface area (Å²) in [6, 6.07) is 16.0. The van der Waals surface area contributed by atoms with Crippen LogP contribution in [0, 0.1) is 0 Å². The van der Waals surface area contributed by atoms with Crippen molar-refractivity contribution < 1.29 is 4.84 Å². The summed E-state index contributed by atoms with van der Waals surface area (Å²) in [7, 11) is 2.01. The van der Waals surface area contributed by atoms with Crippen LogP contribution in [0.25, 0.3) is 0 Å². The largest absolute Gasteiger partial charge is 0.335 e. The summed E-state index contributed by atoms with van der Waals surface area (Å²) in [5, 5.41) is 3.49. The van der Waals surface area contributed by atoms with Gasteiger partial charge >= 0.3 is 0 Å². The molecular formula is C21H21Cl2N3OS. The van der Waals surface area contributed by atoms with E-state index in [1.54, 1.807) is 18.0 Å². The van der Waals surface area contributed by atoms with Crippen LogP contribution in [0.3, 0.4) is 0 Å². The Morgan fingerprint density at radius 2 is 1.79 bits per heavy atom. The van der Waals surface area contributed by atoms with Crippen LogP contribution in [0.2, 0.25) is 10.0 Å². The SMILES string of the molecule is CN1OC(CSc2ccc(Cl)cc2)CC1(Cn1ccnc1)c1ccc(Cl)cc1. The van der Waals surface area contributed by atoms with Crippen LogP contribution in [0.1, 0.15) is 12.0 Å². The first-order valence-electron chi connectivity index (χ1n) is 9.06. The molecule has 0 bridgehead atoms. The second kappa shape index (κ2) is 8.47. The van der Waals surface area contributed by atoms with Crippen molar-refractivity contribution in [2.24, 2.45) is 0 Å². The highest BCUT2D eigenvalue weighted by molar-refractivity contribution is 7.99. The van der Waals surface area contributed by atoms with Crippen molar-refractivity contribution in [2.75, 3.05) is 12.8 Å². The number of hydrogen-bond donors (Lipinski definition) is 0. The quantitative estimate of drug-likeness (QED) is 0.479. The van der Waals surface area contributed by atoms with Crippen LogP contribution in [0.4, 0.5) is 0 Å². The number of nitrogens with zero attached hydrogens (tertiary/aromatic N) is 3. The third kappa shape index (κ3) is 4.24. The molecule has 0 spiro atoms. The van der Waals surface area contributed by atoms with E-state index in [0.717, 1.165) is 28.8 Å². The number of benzene rings is 2. The van der Waals surface area contributed by atoms with Gasteiger partial charge in [-0.05, 0) is 42.0 Å². The molecule has 146 valence electrons. The molecule has 0 amide bonds. The van der Waals surface area contributed by atoms with Gasteiger partial charge in [-0.3, -0.25) is 4.84 Å². The molecule has 2 unspecified atom stereocenters. The predicted molar refractivity (Wildman–Crippen MR) is 115 cm³/mol. The van der Waals surface area contributed by atoms with Crippen LogP contribution in [-0.2, 0) is 16.9 Å². The lowest BCUT2D eigenvalue weighted by Crippen LogP contribution is -2.41. The number of hydroxylamine groups is 2. The first kappa shape index (κ1) is 19.8. The van der Waals surface area contributed by atoms with Crippen LogP contribution in [-0.4, -0.2) is 33.5 Å². The van der Waals surface area contributed by atoms with E-state index in [9.17, 15) is 0 Å². The fourth-order valence-corrected chi connectivity index (χ4v) is 4.81. The third-order valence-corrected chi connectivity index (χ3v) is 6.76. The van der Waals surface area contributed by atoms with Crippen LogP contribution >= 0.6 is 35.0 Å². The first-order chi connectivity index (χ1) is 13.5. The van der Waals surface area contributed by atoms with E-state index in [-0.39, 0.29) is 11.6 Å². The third-order valence-electron chi connectivity index (χ3n) is 5.11. The molecule has 1 saturated heterocycles. The first-order valence-corrected chi connectivity index (χ1v) is 10.8. The summed E-state index contributed by atoms with van der Waals surface area (Å²) >= 11 is 13.9. The molecule has 0 N–H and O–H groups in total. The summed E-state index contributed by atoms with van der Waals surface area (Å²) in [4.78, 5) is 11.7. The Bertz CT molecular complexity index is 902. The lowest BCUT2D eigenvalue weighted by molar-refractivity contribution is -0.170. The Balaban J connectivity index is 1.55. The number of imidazole rings is 1. The predicted octanol–water partition coefficient (Wildman–Crippen LogP) is 5.51. The van der Waals surface area contributed by atoms with Gasteiger partial charge in [-0.2, -0.15) is 5.06 Å². The molecule has 2 aromatic carbocycles. The number of hydrogen-bond acceptors (Lipinski definition) is 4. The monoisotopic (exact) mass is 433 g/mol. The van der Waals surface area contributed by atoms with E-state index in [1.165, 1.54) is 10.5 Å². The van der Waals surface area contributed by atoms with E-state index in [0.29, 0.717) is 0 Å². The molecule has 2 heterocycles. The molecule has 1 aromatic heterocycles. The van der Waals surface area contributed by atoms with Crippen LogP contribution in [0.15, 0.2) is 72.1 Å². The van der Waals surface area contributed by atoms with Gasteiger partial charge in [-0.15, -0.1) is 11.8 Å². The van der Waals surface area contributed by atoms with Crippen molar-refractivity contribution in [1.82, 2.24) is 14.6 Å². The summed E-state index contributed by atoms with van der Waals surface area (Å²) in [5.41, 5.74) is 0.906. The molecule has 0 aliphatic carbocycles. The maximum Gasteiger partial charge on any atom is 0.0946 e. The number of thioether (sulfide) groups is 1. The van der Waals surface area contributed by atoms with Gasteiger partial charge in [0.2, 0.25) is 0 Å². The van der Waals surface area contributed by atoms with Gasteiger partial charge in [0.1, 0.15) is 0 Å². The zero-order valence-corrected chi connectivity index (χ0v) is 17.8. The van der Waals surface area contributed by atoms with Crippen molar-refractivity contribution in [3.8, 4) is 0 Å². The van der Waals surface area contributed by atoms with E-state index in [4.69, 9.17) is 28.0 Å². The highest BCUT2D eigenvalue weighted by Crippen LogP contribution is 2.42. The lowest BCUT2D eigenvalue weighted by atomic mass is 9.85. The van der Waals surface area contributed by atoms with Crippen LogP contribution in [0.5, 0.6) is 0 Å². The van der Waals surface area contributed by atoms with Gasteiger partial charge in [0.25, 0.3) is 0 Å². The average molecular weight is 434 g/mol. The van der Waals surface area contributed by atoms with E-state index >= 15 is 0 Å². The van der Waals surface area contributed by atoms with E-state index in [1.807, 2.05) is 61.0 Å². The fourth-order valence-electron chi connectivity index (χ4n) is 3.67. The number of rotatable bonds is 6. The summed E-state index contributed by atoms with van der Waals surface area (Å²) in [6.45, 7) is 0.757. The fraction of sp³-hybridized carbons (Fsp3) is 0.286. The van der Waals surface area contributed by atoms with Gasteiger partial charge in [-0.25, -0.2) is 4.98 Å². The summed E-state index contributed by atoms with van der Waals surface area (Å²) in [5.74, 6) is 0.866. The minimum Gasteiger partial charge on any atom is -0.335 e. The minimum absolute atomic E-state index is 0.102. The van der Waals surface area contributed by atoms with E-state index < -0.39 is 0 Å². The number of halogens is 2. The second-order valence-electron chi connectivity index (χ2n) is 6.97. The molecule has 4 rings (SSSR count). The van der Waals surface area contributed by atoms with Crippen LogP contribution < -0.4 is 0 Å². The Kier molecular flexibility index (Phi) is 5.99. The molecule has 28 heavy (non-hydrogen) atoms. The molecule has 7 heteroatoms. The Hall–Kier alpha value is -1.50. The van der Waals surface area contributed by atoms with Crippen molar-refractivity contribution in [2.45, 2.75) is 29.5 Å². The highest BCUT2D eigenvalue weighted by atomic mass is 35.5. The molecule has 0 saturated carbocycles. The maximum atomic E-state index is 6.28. The number of likely N-dealkylation sites (N-methyl/N-ethyl adjacent to an activating group) is 1. The zero-order valence-electron chi connectivity index (χ0n) is 15.5. The normalized spacial score (nSPS) is 22.6. The number of aromatic nitrogens is 2. The second-order valence-corrected chi connectivity index (χ2v) is 8.93. The maximum absolute atomic E-state index is 6.28. The molecule has 1 aliphatic rings. The Morgan fingerprint density at radius 1 is 1.11 bits per heavy atom. The minimum atomic E-state index is -0.281. The molecule has 0 radical (unpaired) electrons. The molecule has 4 nitrogen and oxygen atoms in total. The molecule has 3 aromatic rings. The van der Waals surface area contributed by atoms with Gasteiger partial charge in [-0.1, -0.05) is 35.3 Å². The van der Waals surface area contributed by atoms with Crippen molar-refractivity contribution in [3.63, 3.8) is 0 Å². The summed E-state index contributed by atoms with van der Waals surface area (Å²) in [6.07, 6.45) is 6.62. The molecule has 1 aliphatic heterocycles. The lowest BCUT2D eigenvalue weighted by Gasteiger charge is -2.35. The van der Waals surface area contributed by atoms with Gasteiger partial charge in [0.15, 0.2) is 0 Å². The molecule has 2 atom stereocenters.